The molecule has 8 nitrogen and oxygen atoms in total. The van der Waals surface area contributed by atoms with Gasteiger partial charge in [0, 0.05) is 19.6 Å². The van der Waals surface area contributed by atoms with Crippen molar-refractivity contribution in [2.75, 3.05) is 31.1 Å². The molecule has 3 aliphatic heterocycles. The summed E-state index contributed by atoms with van der Waals surface area (Å²) in [6.07, 6.45) is 5.02. The molecule has 2 bridgehead atoms. The van der Waals surface area contributed by atoms with Crippen LogP contribution in [-0.4, -0.2) is 82.2 Å². The molecular formula is C34H48ClN3O5. The number of hydrogen-bond acceptors (Lipinski definition) is 5. The zero-order chi connectivity index (χ0) is 31.9. The van der Waals surface area contributed by atoms with Crippen molar-refractivity contribution in [3.63, 3.8) is 0 Å². The summed E-state index contributed by atoms with van der Waals surface area (Å²) >= 11 is 6.69. The van der Waals surface area contributed by atoms with E-state index in [0.717, 1.165) is 12.0 Å². The Morgan fingerprint density at radius 3 is 2.47 bits per heavy atom. The zero-order valence-corrected chi connectivity index (χ0v) is 27.3. The van der Waals surface area contributed by atoms with Crippen LogP contribution in [0.15, 0.2) is 43.5 Å². The van der Waals surface area contributed by atoms with Crippen LogP contribution in [0.4, 0.5) is 5.69 Å². The van der Waals surface area contributed by atoms with E-state index in [1.54, 1.807) is 32.9 Å². The molecule has 4 rings (SSSR count). The molecule has 0 radical (unpaired) electrons. The van der Waals surface area contributed by atoms with Gasteiger partial charge >= 0.3 is 0 Å². The number of halogens is 1. The number of likely N-dealkylation sites (tertiary alicyclic amines) is 1. The number of carbonyl (C=O) groups is 3. The molecule has 3 amide bonds. The predicted octanol–water partition coefficient (Wildman–Crippen LogP) is 5.01. The molecule has 1 aromatic carbocycles. The summed E-state index contributed by atoms with van der Waals surface area (Å²) in [7, 11) is 0. The Labute approximate surface area is 261 Å². The zero-order valence-electron chi connectivity index (χ0n) is 26.5. The minimum Gasteiger partial charge on any atom is -0.394 e. The van der Waals surface area contributed by atoms with Gasteiger partial charge in [-0.05, 0) is 56.6 Å². The molecule has 236 valence electrons. The van der Waals surface area contributed by atoms with Gasteiger partial charge in [0.15, 0.2) is 0 Å². The largest absolute Gasteiger partial charge is 0.394 e. The highest BCUT2D eigenvalue weighted by Gasteiger charge is 2.80. The fourth-order valence-electron chi connectivity index (χ4n) is 7.99. The standard InChI is InChI=1S/C34H48ClN3O5/c1-9-15-36(16-10-2)30(40)26-27-31(41)38(24(20-39)18-21(4)5)29(34(27)19-23(7)33(26,8)43-34)32(42)37(17-11-3)28-22(6)13-12-14-25(28)35/h9,11-14,21,23-24,26-27,29,39H,1,3,10,15-20H2,2,4-8H3/t23?,24-,26+,27+,29?,33-,34?/m1/s1. The molecule has 1 N–H and O–H groups in total. The Morgan fingerprint density at radius 1 is 1.23 bits per heavy atom. The van der Waals surface area contributed by atoms with Crippen molar-refractivity contribution in [2.24, 2.45) is 23.7 Å². The first-order valence-corrected chi connectivity index (χ1v) is 15.9. The van der Waals surface area contributed by atoms with Crippen LogP contribution >= 0.6 is 11.6 Å². The molecule has 43 heavy (non-hydrogen) atoms. The number of amides is 3. The lowest BCUT2D eigenvalue weighted by Gasteiger charge is -2.40. The number of hydrogen-bond donors (Lipinski definition) is 1. The topological polar surface area (TPSA) is 90.4 Å². The second-order valence-corrected chi connectivity index (χ2v) is 13.5. The van der Waals surface area contributed by atoms with Crippen molar-refractivity contribution in [1.82, 2.24) is 9.80 Å². The van der Waals surface area contributed by atoms with E-state index in [9.17, 15) is 14.7 Å². The van der Waals surface area contributed by atoms with E-state index >= 15 is 4.79 Å². The Kier molecular flexibility index (Phi) is 9.84. The average Bonchev–Trinajstić information content (AvgIpc) is 3.46. The number of para-hydroxylation sites is 1. The van der Waals surface area contributed by atoms with Gasteiger partial charge in [-0.15, -0.1) is 13.2 Å². The van der Waals surface area contributed by atoms with Crippen molar-refractivity contribution in [3.8, 4) is 0 Å². The van der Waals surface area contributed by atoms with Gasteiger partial charge in [0.25, 0.3) is 5.91 Å². The minimum atomic E-state index is -1.24. The number of rotatable bonds is 13. The third kappa shape index (κ3) is 5.33. The van der Waals surface area contributed by atoms with Crippen LogP contribution in [0.5, 0.6) is 0 Å². The normalized spacial score (nSPS) is 30.0. The molecule has 3 heterocycles. The van der Waals surface area contributed by atoms with Gasteiger partial charge < -0.3 is 24.5 Å². The lowest BCUT2D eigenvalue weighted by molar-refractivity contribution is -0.154. The number of nitrogens with zero attached hydrogens (tertiary/aromatic N) is 3. The number of anilines is 1. The van der Waals surface area contributed by atoms with Crippen LogP contribution < -0.4 is 4.90 Å². The first-order valence-electron chi connectivity index (χ1n) is 15.5. The summed E-state index contributed by atoms with van der Waals surface area (Å²) in [4.78, 5) is 49.0. The summed E-state index contributed by atoms with van der Waals surface area (Å²) < 4.78 is 6.96. The van der Waals surface area contributed by atoms with Gasteiger partial charge in [0.2, 0.25) is 11.8 Å². The second-order valence-electron chi connectivity index (χ2n) is 13.1. The van der Waals surface area contributed by atoms with E-state index in [1.807, 2.05) is 53.7 Å². The molecule has 3 unspecified atom stereocenters. The molecule has 0 aliphatic carbocycles. The van der Waals surface area contributed by atoms with E-state index in [4.69, 9.17) is 16.3 Å². The highest BCUT2D eigenvalue weighted by atomic mass is 35.5. The van der Waals surface area contributed by atoms with Crippen molar-refractivity contribution in [3.05, 3.63) is 54.1 Å². The number of carbonyl (C=O) groups excluding carboxylic acids is 3. The SMILES string of the molecule is C=CCN(CCC)C(=O)[C@@H]1[C@H]2C(=O)N([C@@H](CO)CC(C)C)C(C(=O)N(CC=C)c3c(C)cccc3Cl)C23CC(C)[C@@]1(C)O3. The number of ether oxygens (including phenoxy) is 1. The number of fused-ring (bicyclic) bond motifs is 1. The molecule has 9 heteroatoms. The number of aryl methyl sites for hydroxylation is 1. The number of benzene rings is 1. The summed E-state index contributed by atoms with van der Waals surface area (Å²) in [6.45, 7) is 20.4. The van der Waals surface area contributed by atoms with Gasteiger partial charge in [-0.25, -0.2) is 0 Å². The quantitative estimate of drug-likeness (QED) is 0.316. The highest BCUT2D eigenvalue weighted by molar-refractivity contribution is 6.34. The molecular weight excluding hydrogens is 566 g/mol. The van der Waals surface area contributed by atoms with E-state index in [1.165, 1.54) is 0 Å². The molecule has 0 aromatic heterocycles. The van der Waals surface area contributed by atoms with Crippen LogP contribution in [0.3, 0.4) is 0 Å². The number of aliphatic hydroxyl groups excluding tert-OH is 1. The van der Waals surface area contributed by atoms with E-state index in [0.29, 0.717) is 36.6 Å². The summed E-state index contributed by atoms with van der Waals surface area (Å²) in [5.41, 5.74) is -0.831. The van der Waals surface area contributed by atoms with E-state index < -0.39 is 35.1 Å². The van der Waals surface area contributed by atoms with Crippen molar-refractivity contribution < 1.29 is 24.2 Å². The highest BCUT2D eigenvalue weighted by Crippen LogP contribution is 2.66. The van der Waals surface area contributed by atoms with E-state index in [-0.39, 0.29) is 42.7 Å². The molecule has 3 fully saturated rings. The smallest absolute Gasteiger partial charge is 0.253 e. The average molecular weight is 614 g/mol. The monoisotopic (exact) mass is 613 g/mol. The lowest BCUT2D eigenvalue weighted by atomic mass is 9.62. The summed E-state index contributed by atoms with van der Waals surface area (Å²) in [6, 6.07) is 3.76. The van der Waals surface area contributed by atoms with Crippen molar-refractivity contribution >= 4 is 35.0 Å². The van der Waals surface area contributed by atoms with Gasteiger partial charge in [0.05, 0.1) is 40.8 Å². The lowest BCUT2D eigenvalue weighted by Crippen LogP contribution is -2.59. The minimum absolute atomic E-state index is 0.0967. The van der Waals surface area contributed by atoms with Crippen LogP contribution in [0.2, 0.25) is 5.02 Å². The fourth-order valence-corrected chi connectivity index (χ4v) is 8.32. The van der Waals surface area contributed by atoms with Crippen molar-refractivity contribution in [1.29, 1.82) is 0 Å². The maximum Gasteiger partial charge on any atom is 0.253 e. The third-order valence-electron chi connectivity index (χ3n) is 9.79. The second kappa shape index (κ2) is 12.7. The summed E-state index contributed by atoms with van der Waals surface area (Å²) in [5, 5.41) is 11.1. The van der Waals surface area contributed by atoms with Crippen LogP contribution in [0.1, 0.15) is 59.4 Å². The third-order valence-corrected chi connectivity index (χ3v) is 10.1. The van der Waals surface area contributed by atoms with Crippen LogP contribution in [0, 0.1) is 30.6 Å². The molecule has 7 atom stereocenters. The molecule has 1 spiro atoms. The molecule has 3 aliphatic rings. The Hall–Kier alpha value is -2.68. The maximum atomic E-state index is 15.0. The first kappa shape index (κ1) is 33.2. The molecule has 3 saturated heterocycles. The van der Waals surface area contributed by atoms with Crippen molar-refractivity contribution in [2.45, 2.75) is 84.1 Å². The van der Waals surface area contributed by atoms with Gasteiger partial charge in [0.1, 0.15) is 11.6 Å². The fraction of sp³-hybridized carbons (Fsp3) is 0.618. The first-order chi connectivity index (χ1) is 20.3. The Balaban J connectivity index is 1.92. The summed E-state index contributed by atoms with van der Waals surface area (Å²) in [5.74, 6) is -2.40. The number of aliphatic hydroxyl groups is 1. The van der Waals surface area contributed by atoms with Crippen LogP contribution in [-0.2, 0) is 19.1 Å². The van der Waals surface area contributed by atoms with Crippen LogP contribution in [0.25, 0.3) is 0 Å². The van der Waals surface area contributed by atoms with E-state index in [2.05, 4.69) is 13.2 Å². The predicted molar refractivity (Wildman–Crippen MR) is 170 cm³/mol. The Bertz CT molecular complexity index is 1250. The van der Waals surface area contributed by atoms with Gasteiger partial charge in [-0.1, -0.05) is 63.6 Å². The Morgan fingerprint density at radius 2 is 1.91 bits per heavy atom. The maximum absolute atomic E-state index is 15.0. The van der Waals surface area contributed by atoms with Gasteiger partial charge in [-0.2, -0.15) is 0 Å². The molecule has 1 aromatic rings. The van der Waals surface area contributed by atoms with Gasteiger partial charge in [-0.3, -0.25) is 14.4 Å². The molecule has 0 saturated carbocycles.